The number of ether oxygens (including phenoxy) is 2. The Morgan fingerprint density at radius 1 is 1.18 bits per heavy atom. The van der Waals surface area contributed by atoms with Gasteiger partial charge in [0.25, 0.3) is 0 Å². The molecule has 0 aliphatic heterocycles. The Morgan fingerprint density at radius 2 is 1.73 bits per heavy atom. The zero-order valence-corrected chi connectivity index (χ0v) is 13.6. The average molecular weight is 319 g/mol. The van der Waals surface area contributed by atoms with Gasteiger partial charge in [-0.1, -0.05) is 0 Å². The molecule has 8 heteroatoms. The summed E-state index contributed by atoms with van der Waals surface area (Å²) in [6, 6.07) is 0. The molecule has 2 atom stereocenters. The van der Waals surface area contributed by atoms with Gasteiger partial charge in [0.2, 0.25) is 0 Å². The van der Waals surface area contributed by atoms with Crippen molar-refractivity contribution in [2.24, 2.45) is 0 Å². The van der Waals surface area contributed by atoms with Crippen LogP contribution in [0.3, 0.4) is 0 Å². The van der Waals surface area contributed by atoms with Crippen LogP contribution in [0.2, 0.25) is 0 Å². The fourth-order valence-corrected chi connectivity index (χ4v) is 1.68. The minimum Gasteiger partial charge on any atom is -0.480 e. The fourth-order valence-electron chi connectivity index (χ4n) is 1.68. The lowest BCUT2D eigenvalue weighted by atomic mass is 9.93. The van der Waals surface area contributed by atoms with Crippen molar-refractivity contribution in [3.63, 3.8) is 0 Å². The molecule has 0 spiro atoms. The van der Waals surface area contributed by atoms with E-state index < -0.39 is 35.3 Å². The largest absolute Gasteiger partial charge is 0.480 e. The maximum atomic E-state index is 11.7. The lowest BCUT2D eigenvalue weighted by Gasteiger charge is -2.29. The highest BCUT2D eigenvalue weighted by molar-refractivity contribution is 5.84. The minimum absolute atomic E-state index is 0.165. The number of carboxylic acids is 1. The molecule has 0 aliphatic rings. The number of aliphatic hydroxyl groups excluding tert-OH is 1. The Hall–Kier alpha value is -1.83. The zero-order chi connectivity index (χ0) is 17.6. The molecule has 0 bridgehead atoms. The predicted molar refractivity (Wildman–Crippen MR) is 77.3 cm³/mol. The molecule has 22 heavy (non-hydrogen) atoms. The van der Waals surface area contributed by atoms with Crippen LogP contribution in [0.4, 0.5) is 4.79 Å². The first-order valence-electron chi connectivity index (χ1n) is 6.98. The molecule has 0 aliphatic carbocycles. The van der Waals surface area contributed by atoms with Crippen LogP contribution in [0.5, 0.6) is 0 Å². The third kappa shape index (κ3) is 7.82. The number of aliphatic hydroxyl groups is 1. The number of hydrogen-bond donors (Lipinski definition) is 3. The first kappa shape index (κ1) is 20.2. The molecule has 0 aromatic carbocycles. The van der Waals surface area contributed by atoms with E-state index in [1.54, 1.807) is 27.7 Å². The van der Waals surface area contributed by atoms with Crippen LogP contribution >= 0.6 is 0 Å². The van der Waals surface area contributed by atoms with Crippen LogP contribution in [0.15, 0.2) is 0 Å². The maximum absolute atomic E-state index is 11.7. The molecular weight excluding hydrogens is 294 g/mol. The molecule has 3 N–H and O–H groups in total. The highest BCUT2D eigenvalue weighted by Crippen LogP contribution is 2.17. The van der Waals surface area contributed by atoms with E-state index in [4.69, 9.17) is 4.74 Å². The van der Waals surface area contributed by atoms with Crippen molar-refractivity contribution in [2.75, 3.05) is 6.61 Å². The standard InChI is InChI=1S/C14H25NO7/c1-6-21-10(17)7-9(16)8-14(5,11(18)19)15-12(20)22-13(2,3)4/h9,16H,6-8H2,1-5H3,(H,15,20)(H,18,19). The molecule has 128 valence electrons. The van der Waals surface area contributed by atoms with Crippen LogP contribution in [0.1, 0.15) is 47.5 Å². The fraction of sp³-hybridized carbons (Fsp3) is 0.786. The predicted octanol–water partition coefficient (Wildman–Crippen LogP) is 1.06. The smallest absolute Gasteiger partial charge is 0.408 e. The second-order valence-corrected chi connectivity index (χ2v) is 6.13. The van der Waals surface area contributed by atoms with Gasteiger partial charge in [-0.15, -0.1) is 0 Å². The summed E-state index contributed by atoms with van der Waals surface area (Å²) < 4.78 is 9.67. The van der Waals surface area contributed by atoms with E-state index >= 15 is 0 Å². The zero-order valence-electron chi connectivity index (χ0n) is 13.6. The van der Waals surface area contributed by atoms with Crippen molar-refractivity contribution in [1.82, 2.24) is 5.32 Å². The van der Waals surface area contributed by atoms with Crippen LogP contribution in [-0.2, 0) is 19.1 Å². The van der Waals surface area contributed by atoms with Gasteiger partial charge in [-0.3, -0.25) is 4.79 Å². The number of esters is 1. The third-order valence-corrected chi connectivity index (χ3v) is 2.60. The molecular formula is C14H25NO7. The number of aliphatic carboxylic acids is 1. The molecule has 8 nitrogen and oxygen atoms in total. The summed E-state index contributed by atoms with van der Waals surface area (Å²) in [5.41, 5.74) is -2.55. The van der Waals surface area contributed by atoms with Gasteiger partial charge in [0.1, 0.15) is 11.1 Å². The second-order valence-electron chi connectivity index (χ2n) is 6.13. The van der Waals surface area contributed by atoms with E-state index in [-0.39, 0.29) is 19.4 Å². The van der Waals surface area contributed by atoms with Crippen LogP contribution in [-0.4, -0.2) is 52.1 Å². The Balaban J connectivity index is 4.78. The van der Waals surface area contributed by atoms with Gasteiger partial charge in [0.15, 0.2) is 0 Å². The van der Waals surface area contributed by atoms with Gasteiger partial charge < -0.3 is 25.0 Å². The Kier molecular flexibility index (Phi) is 7.31. The number of hydrogen-bond acceptors (Lipinski definition) is 6. The Labute approximate surface area is 129 Å². The summed E-state index contributed by atoms with van der Waals surface area (Å²) in [7, 11) is 0. The molecule has 0 saturated carbocycles. The molecule has 0 radical (unpaired) electrons. The summed E-state index contributed by atoms with van der Waals surface area (Å²) in [5.74, 6) is -1.98. The van der Waals surface area contributed by atoms with Crippen LogP contribution in [0, 0.1) is 0 Å². The molecule has 0 rings (SSSR count). The van der Waals surface area contributed by atoms with Crippen LogP contribution < -0.4 is 5.32 Å². The van der Waals surface area contributed by atoms with Gasteiger partial charge >= 0.3 is 18.0 Å². The number of carbonyl (C=O) groups is 3. The molecule has 0 heterocycles. The van der Waals surface area contributed by atoms with Crippen molar-refractivity contribution in [3.8, 4) is 0 Å². The highest BCUT2D eigenvalue weighted by atomic mass is 16.6. The summed E-state index contributed by atoms with van der Waals surface area (Å²) in [6.07, 6.45) is -2.90. The first-order valence-corrected chi connectivity index (χ1v) is 6.98. The molecule has 0 saturated heterocycles. The van der Waals surface area contributed by atoms with Crippen molar-refractivity contribution >= 4 is 18.0 Å². The quantitative estimate of drug-likeness (QED) is 0.600. The summed E-state index contributed by atoms with van der Waals surface area (Å²) >= 11 is 0. The lowest BCUT2D eigenvalue weighted by molar-refractivity contribution is -0.149. The molecule has 1 amide bonds. The summed E-state index contributed by atoms with van der Waals surface area (Å²) in [4.78, 5) is 34.4. The van der Waals surface area contributed by atoms with Gasteiger partial charge in [0, 0.05) is 6.42 Å². The van der Waals surface area contributed by atoms with Crippen molar-refractivity contribution in [3.05, 3.63) is 0 Å². The van der Waals surface area contributed by atoms with E-state index in [9.17, 15) is 24.6 Å². The minimum atomic E-state index is -1.77. The van der Waals surface area contributed by atoms with Gasteiger partial charge in [-0.2, -0.15) is 0 Å². The Morgan fingerprint density at radius 3 is 2.14 bits per heavy atom. The molecule has 0 fully saturated rings. The Bertz CT molecular complexity index is 416. The van der Waals surface area contributed by atoms with E-state index in [2.05, 4.69) is 10.1 Å². The number of nitrogens with one attached hydrogen (secondary N) is 1. The average Bonchev–Trinajstić information content (AvgIpc) is 2.24. The third-order valence-electron chi connectivity index (χ3n) is 2.60. The molecule has 2 unspecified atom stereocenters. The van der Waals surface area contributed by atoms with Crippen molar-refractivity contribution < 1.29 is 34.1 Å². The van der Waals surface area contributed by atoms with E-state index in [1.165, 1.54) is 6.92 Å². The second kappa shape index (κ2) is 7.98. The number of rotatable bonds is 7. The number of amides is 1. The number of carboxylic acid groups (broad SMARTS) is 1. The van der Waals surface area contributed by atoms with Crippen molar-refractivity contribution in [2.45, 2.75) is 64.7 Å². The summed E-state index contributed by atoms with van der Waals surface area (Å²) in [5, 5.41) is 21.3. The first-order chi connectivity index (χ1) is 9.89. The van der Waals surface area contributed by atoms with E-state index in [1.807, 2.05) is 0 Å². The normalized spacial score (nSPS) is 15.4. The summed E-state index contributed by atoms with van der Waals surface area (Å²) in [6.45, 7) is 7.93. The maximum Gasteiger partial charge on any atom is 0.408 e. The molecule has 0 aromatic heterocycles. The number of carbonyl (C=O) groups excluding carboxylic acids is 2. The monoisotopic (exact) mass is 319 g/mol. The number of alkyl carbamates (subject to hydrolysis) is 1. The van der Waals surface area contributed by atoms with Crippen LogP contribution in [0.25, 0.3) is 0 Å². The SMILES string of the molecule is CCOC(=O)CC(O)CC(C)(NC(=O)OC(C)(C)C)C(=O)O. The lowest BCUT2D eigenvalue weighted by Crippen LogP contribution is -2.55. The van der Waals surface area contributed by atoms with E-state index in [0.29, 0.717) is 0 Å². The highest BCUT2D eigenvalue weighted by Gasteiger charge is 2.38. The van der Waals surface area contributed by atoms with Crippen molar-refractivity contribution in [1.29, 1.82) is 0 Å². The topological polar surface area (TPSA) is 122 Å². The molecule has 0 aromatic rings. The van der Waals surface area contributed by atoms with Gasteiger partial charge in [-0.05, 0) is 34.6 Å². The van der Waals surface area contributed by atoms with Gasteiger partial charge in [-0.25, -0.2) is 9.59 Å². The van der Waals surface area contributed by atoms with Gasteiger partial charge in [0.05, 0.1) is 19.1 Å². The van der Waals surface area contributed by atoms with E-state index in [0.717, 1.165) is 0 Å².